The molecular weight excluding hydrogens is 692 g/mol. The number of piperazine rings is 1. The Hall–Kier alpha value is -3.66. The summed E-state index contributed by atoms with van der Waals surface area (Å²) in [5.41, 5.74) is 1.48. The van der Waals surface area contributed by atoms with Gasteiger partial charge in [-0.2, -0.15) is 0 Å². The Morgan fingerprint density at radius 3 is 2.45 bits per heavy atom. The number of carbonyl (C=O) groups excluding carboxylic acids is 2. The van der Waals surface area contributed by atoms with Gasteiger partial charge < -0.3 is 35.1 Å². The van der Waals surface area contributed by atoms with E-state index in [1.807, 2.05) is 32.0 Å². The molecule has 13 nitrogen and oxygen atoms in total. The van der Waals surface area contributed by atoms with Crippen molar-refractivity contribution in [3.8, 4) is 0 Å². The van der Waals surface area contributed by atoms with E-state index in [-0.39, 0.29) is 17.7 Å². The molecule has 1 aliphatic heterocycles. The quantitative estimate of drug-likeness (QED) is 0.124. The third-order valence-electron chi connectivity index (χ3n) is 9.40. The summed E-state index contributed by atoms with van der Waals surface area (Å²) < 4.78 is 17.0. The monoisotopic (exact) mass is 738 g/mol. The first kappa shape index (κ1) is 37.1. The van der Waals surface area contributed by atoms with Gasteiger partial charge >= 0.3 is 0 Å². The third kappa shape index (κ3) is 10.5. The van der Waals surface area contributed by atoms with Crippen LogP contribution in [0.3, 0.4) is 0 Å². The fourth-order valence-electron chi connectivity index (χ4n) is 6.69. The van der Waals surface area contributed by atoms with E-state index in [2.05, 4.69) is 52.9 Å². The maximum absolute atomic E-state index is 12.9. The summed E-state index contributed by atoms with van der Waals surface area (Å²) in [6, 6.07) is 7.41. The van der Waals surface area contributed by atoms with E-state index in [9.17, 15) is 9.59 Å². The van der Waals surface area contributed by atoms with Gasteiger partial charge in [0.1, 0.15) is 22.3 Å². The lowest BCUT2D eigenvalue weighted by molar-refractivity contribution is -0.126. The normalized spacial score (nSPS) is 19.8. The Morgan fingerprint density at radius 1 is 0.961 bits per heavy atom. The number of carbonyl (C=O) groups is 2. The number of nitrogens with zero attached hydrogens (tertiary/aromatic N) is 5. The molecule has 51 heavy (non-hydrogen) atoms. The van der Waals surface area contributed by atoms with Crippen molar-refractivity contribution in [2.45, 2.75) is 26.7 Å². The molecule has 2 bridgehead atoms. The van der Waals surface area contributed by atoms with Crippen LogP contribution in [-0.4, -0.2) is 111 Å². The Kier molecular flexibility index (Phi) is 13.2. The molecule has 2 fully saturated rings. The first-order valence-electron chi connectivity index (χ1n) is 17.6. The molecule has 6 rings (SSSR count). The van der Waals surface area contributed by atoms with Crippen molar-refractivity contribution in [3.63, 3.8) is 0 Å². The Bertz CT molecular complexity index is 1650. The number of allylic oxidation sites excluding steroid dienone is 2. The van der Waals surface area contributed by atoms with Gasteiger partial charge in [0.25, 0.3) is 5.91 Å². The number of aryl methyl sites for hydroxylation is 2. The minimum absolute atomic E-state index is 0.139. The van der Waals surface area contributed by atoms with Crippen molar-refractivity contribution >= 4 is 57.2 Å². The van der Waals surface area contributed by atoms with E-state index >= 15 is 0 Å². The average molecular weight is 739 g/mol. The third-order valence-corrected chi connectivity index (χ3v) is 10.6. The maximum atomic E-state index is 12.9. The predicted octanol–water partition coefficient (Wildman–Crippen LogP) is 4.70. The minimum Gasteiger partial charge on any atom is -0.378 e. The molecule has 3 atom stereocenters. The largest absolute Gasteiger partial charge is 0.378 e. The Balaban J connectivity index is 0.815. The van der Waals surface area contributed by atoms with Gasteiger partial charge in [0.15, 0.2) is 5.13 Å². The summed E-state index contributed by atoms with van der Waals surface area (Å²) in [5.74, 6) is 3.18. The van der Waals surface area contributed by atoms with Gasteiger partial charge in [-0.3, -0.25) is 14.5 Å². The van der Waals surface area contributed by atoms with Crippen molar-refractivity contribution < 1.29 is 23.8 Å². The highest BCUT2D eigenvalue weighted by Gasteiger charge is 2.39. The molecule has 1 saturated carbocycles. The SMILES string of the molecule is Cc1nc(Nc2ncc(C(=O)Nc3c(C)cccc3Cl)s2)cc(N2CCN(CCOCCOCCOCCNC(=O)C3CC4C=CC3C4)CC2)n1. The van der Waals surface area contributed by atoms with E-state index in [4.69, 9.17) is 25.8 Å². The van der Waals surface area contributed by atoms with Crippen LogP contribution >= 0.6 is 22.9 Å². The molecule has 1 aromatic carbocycles. The van der Waals surface area contributed by atoms with Gasteiger partial charge in [-0.05, 0) is 50.2 Å². The highest BCUT2D eigenvalue weighted by molar-refractivity contribution is 7.17. The second-order valence-corrected chi connectivity index (χ2v) is 14.5. The van der Waals surface area contributed by atoms with Crippen LogP contribution in [0, 0.1) is 31.6 Å². The van der Waals surface area contributed by atoms with Gasteiger partial charge in [0.05, 0.1) is 56.5 Å². The number of para-hydroxylation sites is 1. The van der Waals surface area contributed by atoms with Crippen LogP contribution in [0.2, 0.25) is 5.02 Å². The standard InChI is InChI=1S/C36H47ClN8O5S/c1-24-4-3-5-29(37)33(24)43-35(47)30-23-39-36(51-30)42-31-22-32(41-25(2)40-31)45-11-9-44(10-12-45)13-15-49-17-19-50-18-16-48-14-8-38-34(46)28-21-26-6-7-27(28)20-26/h3-7,22-23,26-28H,8-21H2,1-2H3,(H,38,46)(H,43,47)(H,39,40,41,42). The lowest BCUT2D eigenvalue weighted by Crippen LogP contribution is -2.47. The first-order chi connectivity index (χ1) is 24.8. The lowest BCUT2D eigenvalue weighted by Gasteiger charge is -2.35. The summed E-state index contributed by atoms with van der Waals surface area (Å²) in [7, 11) is 0. The molecule has 274 valence electrons. The summed E-state index contributed by atoms with van der Waals surface area (Å²) >= 11 is 7.52. The number of fused-ring (bicyclic) bond motifs is 2. The predicted molar refractivity (Wildman–Crippen MR) is 199 cm³/mol. The van der Waals surface area contributed by atoms with Crippen molar-refractivity contribution in [2.24, 2.45) is 17.8 Å². The second kappa shape index (κ2) is 18.2. The van der Waals surface area contributed by atoms with Crippen molar-refractivity contribution in [2.75, 3.05) is 94.4 Å². The molecular formula is C36H47ClN8O5S. The topological polar surface area (TPSA) is 143 Å². The number of anilines is 4. The van der Waals surface area contributed by atoms with E-state index in [1.165, 1.54) is 11.3 Å². The molecule has 0 radical (unpaired) electrons. The summed E-state index contributed by atoms with van der Waals surface area (Å²) in [5, 5.41) is 10.2. The van der Waals surface area contributed by atoms with Gasteiger partial charge in [-0.1, -0.05) is 47.2 Å². The van der Waals surface area contributed by atoms with E-state index in [0.717, 1.165) is 56.9 Å². The number of hydrogen-bond acceptors (Lipinski definition) is 12. The zero-order valence-electron chi connectivity index (χ0n) is 29.2. The van der Waals surface area contributed by atoms with Crippen molar-refractivity contribution in [3.05, 3.63) is 63.9 Å². The van der Waals surface area contributed by atoms with Gasteiger partial charge in [-0.25, -0.2) is 15.0 Å². The van der Waals surface area contributed by atoms with Crippen LogP contribution in [0.25, 0.3) is 0 Å². The minimum atomic E-state index is -0.271. The molecule has 3 N–H and O–H groups in total. The van der Waals surface area contributed by atoms with Crippen LogP contribution in [0.5, 0.6) is 0 Å². The molecule has 3 unspecified atom stereocenters. The van der Waals surface area contributed by atoms with Crippen molar-refractivity contribution in [1.82, 2.24) is 25.2 Å². The highest BCUT2D eigenvalue weighted by Crippen LogP contribution is 2.43. The number of benzene rings is 1. The number of rotatable bonds is 18. The molecule has 3 aliphatic rings. The first-order valence-corrected chi connectivity index (χ1v) is 18.8. The summed E-state index contributed by atoms with van der Waals surface area (Å²) in [6.45, 7) is 11.8. The molecule has 2 aliphatic carbocycles. The number of nitrogens with one attached hydrogen (secondary N) is 3. The molecule has 3 aromatic rings. The van der Waals surface area contributed by atoms with Crippen LogP contribution in [0.1, 0.15) is 33.9 Å². The van der Waals surface area contributed by atoms with E-state index in [1.54, 1.807) is 12.3 Å². The zero-order valence-corrected chi connectivity index (χ0v) is 30.8. The Morgan fingerprint density at radius 2 is 1.73 bits per heavy atom. The molecule has 2 amide bonds. The molecule has 2 aromatic heterocycles. The van der Waals surface area contributed by atoms with Crippen LogP contribution in [-0.2, 0) is 19.0 Å². The number of thiazole rings is 1. The van der Waals surface area contributed by atoms with E-state index in [0.29, 0.717) is 90.4 Å². The average Bonchev–Trinajstić information content (AvgIpc) is 3.89. The smallest absolute Gasteiger partial charge is 0.267 e. The van der Waals surface area contributed by atoms with Crippen LogP contribution in [0.15, 0.2) is 42.6 Å². The molecule has 15 heteroatoms. The van der Waals surface area contributed by atoms with Crippen molar-refractivity contribution in [1.29, 1.82) is 0 Å². The second-order valence-electron chi connectivity index (χ2n) is 13.0. The fraction of sp³-hybridized carbons (Fsp3) is 0.528. The number of hydrogen-bond donors (Lipinski definition) is 3. The van der Waals surface area contributed by atoms with E-state index < -0.39 is 0 Å². The van der Waals surface area contributed by atoms with Gasteiger partial charge in [0, 0.05) is 51.3 Å². The maximum Gasteiger partial charge on any atom is 0.267 e. The molecule has 3 heterocycles. The molecule has 1 saturated heterocycles. The van der Waals surface area contributed by atoms with Gasteiger partial charge in [-0.15, -0.1) is 0 Å². The number of ether oxygens (including phenoxy) is 3. The zero-order chi connectivity index (χ0) is 35.6. The van der Waals surface area contributed by atoms with Crippen LogP contribution in [0.4, 0.5) is 22.5 Å². The highest BCUT2D eigenvalue weighted by atomic mass is 35.5. The number of amides is 2. The fourth-order valence-corrected chi connectivity index (χ4v) is 7.67. The van der Waals surface area contributed by atoms with Gasteiger partial charge in [0.2, 0.25) is 5.91 Å². The number of aromatic nitrogens is 3. The Labute approximate surface area is 308 Å². The summed E-state index contributed by atoms with van der Waals surface area (Å²) in [4.78, 5) is 43.9. The molecule has 0 spiro atoms. The van der Waals surface area contributed by atoms with Crippen LogP contribution < -0.4 is 20.9 Å². The number of halogens is 1. The summed E-state index contributed by atoms with van der Waals surface area (Å²) in [6.07, 6.45) is 8.11. The lowest BCUT2D eigenvalue weighted by atomic mass is 9.93.